The standard InChI is InChI=1S/C21H30O2/c1-5-6-7-8-15-12-18(22)20-16-11-14(2)9-10-17(16)21(3,4)23-19(20)13-15/h11-13,16-17,22H,5-10H2,1-4H3/t16-,17-/m1/s1/i2D3,3D3,4D3,8D2,16D. The molecule has 23 heavy (non-hydrogen) atoms. The predicted octanol–water partition coefficient (Wildman–Crippen LogP) is 5.74. The van der Waals surface area contributed by atoms with E-state index in [2.05, 4.69) is 0 Å². The molecule has 1 aliphatic carbocycles. The average Bonchev–Trinajstić information content (AvgIpc) is 2.67. The van der Waals surface area contributed by atoms with Crippen molar-refractivity contribution >= 4 is 0 Å². The van der Waals surface area contributed by atoms with E-state index in [1.54, 1.807) is 0 Å². The summed E-state index contributed by atoms with van der Waals surface area (Å²) in [5, 5.41) is 11.0. The first-order valence-corrected chi connectivity index (χ1v) is 8.01. The van der Waals surface area contributed by atoms with Crippen LogP contribution in [-0.2, 0) is 6.37 Å². The highest BCUT2D eigenvalue weighted by Gasteiger charge is 2.45. The van der Waals surface area contributed by atoms with Crippen LogP contribution in [0.5, 0.6) is 11.5 Å². The Morgan fingerprint density at radius 2 is 2.30 bits per heavy atom. The second kappa shape index (κ2) is 6.22. The average molecular weight is 327 g/mol. The fraction of sp³-hybridized carbons (Fsp3) is 0.619. The van der Waals surface area contributed by atoms with Crippen LogP contribution in [0.2, 0.25) is 0 Å². The Morgan fingerprint density at radius 3 is 3.04 bits per heavy atom. The Labute approximate surface area is 157 Å². The third kappa shape index (κ3) is 3.13. The molecule has 0 aromatic heterocycles. The van der Waals surface area contributed by atoms with Gasteiger partial charge < -0.3 is 9.84 Å². The molecule has 0 amide bonds. The largest absolute Gasteiger partial charge is 0.507 e. The fourth-order valence-corrected chi connectivity index (χ4v) is 3.21. The Balaban J connectivity index is 2.39. The maximum Gasteiger partial charge on any atom is 0.127 e. The van der Waals surface area contributed by atoms with Crippen molar-refractivity contribution in [2.24, 2.45) is 5.92 Å². The molecular weight excluding hydrogens is 284 g/mol. The summed E-state index contributed by atoms with van der Waals surface area (Å²) in [5.41, 5.74) is -3.33. The second-order valence-electron chi connectivity index (χ2n) is 6.20. The maximum atomic E-state index is 11.0. The Bertz CT molecular complexity index is 991. The van der Waals surface area contributed by atoms with Crippen LogP contribution in [0.15, 0.2) is 23.8 Å². The molecule has 1 aliphatic heterocycles. The van der Waals surface area contributed by atoms with E-state index >= 15 is 0 Å². The molecule has 0 spiro atoms. The summed E-state index contributed by atoms with van der Waals surface area (Å²) in [6.45, 7) is -7.24. The van der Waals surface area contributed by atoms with Gasteiger partial charge in [0.25, 0.3) is 0 Å². The smallest absolute Gasteiger partial charge is 0.127 e. The first kappa shape index (κ1) is 7.21. The van der Waals surface area contributed by atoms with Crippen LogP contribution in [-0.4, -0.2) is 10.7 Å². The molecule has 2 atom stereocenters. The Kier molecular flexibility index (Phi) is 1.95. The number of ether oxygens (including phenoxy) is 1. The normalized spacial score (nSPS) is 38.3. The maximum absolute atomic E-state index is 11.0. The van der Waals surface area contributed by atoms with Crippen LogP contribution < -0.4 is 4.74 Å². The van der Waals surface area contributed by atoms with Crippen molar-refractivity contribution in [3.8, 4) is 11.5 Å². The molecule has 0 fully saturated rings. The number of aromatic hydroxyl groups is 1. The molecule has 3 rings (SSSR count). The van der Waals surface area contributed by atoms with Crippen LogP contribution in [0.4, 0.5) is 0 Å². The zero-order valence-electron chi connectivity index (χ0n) is 25.2. The molecule has 0 bridgehead atoms. The first-order chi connectivity index (χ1) is 15.7. The van der Waals surface area contributed by atoms with Gasteiger partial charge in [0.05, 0.1) is 0 Å². The van der Waals surface area contributed by atoms with E-state index in [0.717, 1.165) is 18.2 Å². The minimum absolute atomic E-state index is 0.0509. The van der Waals surface area contributed by atoms with E-state index in [9.17, 15) is 6.48 Å². The van der Waals surface area contributed by atoms with Crippen LogP contribution in [0, 0.1) is 5.92 Å². The third-order valence-corrected chi connectivity index (χ3v) is 4.40. The summed E-state index contributed by atoms with van der Waals surface area (Å²) in [6, 6.07) is 2.27. The van der Waals surface area contributed by atoms with Gasteiger partial charge in [-0.3, -0.25) is 0 Å². The molecule has 2 nitrogen and oxygen atoms in total. The monoisotopic (exact) mass is 326 g/mol. The van der Waals surface area contributed by atoms with Gasteiger partial charge in [-0.15, -0.1) is 0 Å². The van der Waals surface area contributed by atoms with E-state index in [1.807, 2.05) is 6.92 Å². The van der Waals surface area contributed by atoms with Crippen molar-refractivity contribution in [1.29, 1.82) is 0 Å². The molecule has 2 heteroatoms. The summed E-state index contributed by atoms with van der Waals surface area (Å²) in [5.74, 6) is -4.81. The zero-order valence-corrected chi connectivity index (χ0v) is 13.2. The molecule has 1 N–H and O–H groups in total. The number of hydrogen-bond acceptors (Lipinski definition) is 2. The highest BCUT2D eigenvalue weighted by atomic mass is 16.5. The lowest BCUT2D eigenvalue weighted by Crippen LogP contribution is -2.45. The first-order valence-electron chi connectivity index (χ1n) is 14.0. The van der Waals surface area contributed by atoms with Gasteiger partial charge in [0, 0.05) is 33.8 Å². The van der Waals surface area contributed by atoms with Gasteiger partial charge in [0.2, 0.25) is 0 Å². The van der Waals surface area contributed by atoms with Gasteiger partial charge in [-0.05, 0) is 63.9 Å². The number of fused-ring (bicyclic) bond motifs is 3. The third-order valence-electron chi connectivity index (χ3n) is 4.40. The van der Waals surface area contributed by atoms with E-state index in [0.29, 0.717) is 12.8 Å². The molecular formula is C21H30O2. The molecule has 1 aromatic rings. The quantitative estimate of drug-likeness (QED) is 0.715. The van der Waals surface area contributed by atoms with Crippen LogP contribution >= 0.6 is 0 Å². The summed E-state index contributed by atoms with van der Waals surface area (Å²) < 4.78 is 104. The van der Waals surface area contributed by atoms with Crippen molar-refractivity contribution < 1.29 is 26.3 Å². The Morgan fingerprint density at radius 1 is 1.43 bits per heavy atom. The lowest BCUT2D eigenvalue weighted by Gasteiger charge is -2.46. The molecule has 0 radical (unpaired) electrons. The predicted molar refractivity (Wildman–Crippen MR) is 95.3 cm³/mol. The molecule has 2 aliphatic rings. The highest BCUT2D eigenvalue weighted by Crippen LogP contribution is 2.53. The van der Waals surface area contributed by atoms with Crippen LogP contribution in [0.3, 0.4) is 0 Å². The number of allylic oxidation sites excluding steroid dienone is 2. The second-order valence-corrected chi connectivity index (χ2v) is 6.20. The highest BCUT2D eigenvalue weighted by molar-refractivity contribution is 5.53. The lowest BCUT2D eigenvalue weighted by atomic mass is 9.68. The molecule has 126 valence electrons. The molecule has 0 unspecified atom stereocenters. The van der Waals surface area contributed by atoms with Gasteiger partial charge in [0.15, 0.2) is 0 Å². The summed E-state index contributed by atoms with van der Waals surface area (Å²) in [6.07, 6.45) is -0.0399. The molecule has 0 saturated carbocycles. The lowest BCUT2D eigenvalue weighted by molar-refractivity contribution is 0.0107. The Hall–Kier alpha value is -1.44. The van der Waals surface area contributed by atoms with Crippen molar-refractivity contribution in [3.63, 3.8) is 0 Å². The van der Waals surface area contributed by atoms with Crippen LogP contribution in [0.25, 0.3) is 0 Å². The number of rotatable bonds is 4. The number of unbranched alkanes of at least 4 members (excludes halogenated alkanes) is 1. The van der Waals surface area contributed by atoms with E-state index in [4.69, 9.17) is 19.8 Å². The van der Waals surface area contributed by atoms with E-state index < -0.39 is 55.8 Å². The van der Waals surface area contributed by atoms with Crippen molar-refractivity contribution in [1.82, 2.24) is 0 Å². The van der Waals surface area contributed by atoms with Gasteiger partial charge in [-0.1, -0.05) is 31.4 Å². The minimum Gasteiger partial charge on any atom is -0.507 e. The van der Waals surface area contributed by atoms with Crippen molar-refractivity contribution in [3.05, 3.63) is 34.9 Å². The topological polar surface area (TPSA) is 29.5 Å². The fourth-order valence-electron chi connectivity index (χ4n) is 3.21. The SMILES string of the molecule is [2H]C([2H])([2H])C1=C[C@@]2([2H])c3c(O)cc(C([2H])([2H])CCCC)cc3OC(C([2H])([2H])[2H])(C([2H])([2H])[2H])[C@@H]2CC1. The van der Waals surface area contributed by atoms with Gasteiger partial charge in [-0.2, -0.15) is 0 Å². The van der Waals surface area contributed by atoms with Crippen molar-refractivity contribution in [2.45, 2.75) is 77.5 Å². The number of aryl methyl sites for hydroxylation is 1. The number of phenolic OH excluding ortho intramolecular Hbond substituents is 1. The van der Waals surface area contributed by atoms with E-state index in [-0.39, 0.29) is 36.0 Å². The van der Waals surface area contributed by atoms with E-state index in [1.165, 1.54) is 0 Å². The molecule has 1 heterocycles. The molecule has 1 aromatic carbocycles. The van der Waals surface area contributed by atoms with Gasteiger partial charge in [0.1, 0.15) is 17.1 Å². The minimum atomic E-state index is -3.26. The van der Waals surface area contributed by atoms with Crippen molar-refractivity contribution in [2.75, 3.05) is 0 Å². The number of hydrogen-bond donors (Lipinski definition) is 1. The summed E-state index contributed by atoms with van der Waals surface area (Å²) in [4.78, 5) is 0. The number of benzene rings is 1. The summed E-state index contributed by atoms with van der Waals surface area (Å²) in [7, 11) is 0. The van der Waals surface area contributed by atoms with Gasteiger partial charge >= 0.3 is 0 Å². The van der Waals surface area contributed by atoms with Gasteiger partial charge in [-0.25, -0.2) is 0 Å². The summed E-state index contributed by atoms with van der Waals surface area (Å²) >= 11 is 0. The molecule has 0 saturated heterocycles. The zero-order chi connectivity index (χ0) is 26.8. The number of phenols is 1. The van der Waals surface area contributed by atoms with Crippen LogP contribution in [0.1, 0.15) is 93.1 Å².